The monoisotopic (exact) mass is 632 g/mol. The van der Waals surface area contributed by atoms with Crippen LogP contribution in [-0.4, -0.2) is 9.97 Å². The molecule has 4 heteroatoms. The second-order valence-electron chi connectivity index (χ2n) is 8.52. The zero-order valence-corrected chi connectivity index (χ0v) is 20.5. The van der Waals surface area contributed by atoms with E-state index in [1.807, 2.05) is 36.4 Å². The van der Waals surface area contributed by atoms with Crippen LogP contribution in [0.5, 0.6) is 0 Å². The van der Waals surface area contributed by atoms with Gasteiger partial charge in [0, 0.05) is 12.8 Å². The van der Waals surface area contributed by atoms with Crippen LogP contribution in [0.25, 0.3) is 22.5 Å². The van der Waals surface area contributed by atoms with Gasteiger partial charge in [-0.15, -0.1) is 71.8 Å². The fraction of sp³-hybridized carbons (Fsp3) is 0.0968. The van der Waals surface area contributed by atoms with E-state index in [4.69, 9.17) is 9.97 Å². The Kier molecular flexibility index (Phi) is 6.13. The molecule has 0 saturated heterocycles. The van der Waals surface area contributed by atoms with Gasteiger partial charge >= 0.3 is 21.1 Å². The van der Waals surface area contributed by atoms with Gasteiger partial charge in [-0.05, 0) is 33.6 Å². The minimum atomic E-state index is 0. The van der Waals surface area contributed by atoms with Crippen LogP contribution in [0.1, 0.15) is 29.7 Å². The largest absolute Gasteiger partial charge is 2.00 e. The van der Waals surface area contributed by atoms with E-state index in [1.165, 1.54) is 27.9 Å². The molecule has 7 rings (SSSR count). The Morgan fingerprint density at radius 2 is 1.09 bits per heavy atom. The minimum absolute atomic E-state index is 0. The molecule has 0 atom stereocenters. The van der Waals surface area contributed by atoms with E-state index in [0.29, 0.717) is 0 Å². The summed E-state index contributed by atoms with van der Waals surface area (Å²) in [5.41, 5.74) is 10.2. The van der Waals surface area contributed by atoms with Gasteiger partial charge in [-0.3, -0.25) is 14.9 Å². The molecule has 0 bridgehead atoms. The summed E-state index contributed by atoms with van der Waals surface area (Å²) < 4.78 is 0. The molecule has 4 heterocycles. The van der Waals surface area contributed by atoms with Crippen molar-refractivity contribution in [1.29, 1.82) is 0 Å². The van der Waals surface area contributed by atoms with Crippen molar-refractivity contribution in [2.45, 2.75) is 20.3 Å². The first-order chi connectivity index (χ1) is 16.3. The standard InChI is InChI=1S/C30H19N3.CH4.Pt/c1-3-8-20(9-4-1)26-16-14-24-18-22-12-7-13-23-19-25-15-17-27(21-10-5-2-6-11-21)32-30(25)33(28(22)23)29(24)31-26;;/h1-8,10,12-17H,18-19H2;1H4;/q-2;;+2. The smallest absolute Gasteiger partial charge is 0.280 e. The zero-order valence-electron chi connectivity index (χ0n) is 18.2. The molecule has 3 nitrogen and oxygen atoms in total. The van der Waals surface area contributed by atoms with Crippen LogP contribution < -0.4 is 4.90 Å². The number of hydrogen-bond donors (Lipinski definition) is 0. The first kappa shape index (κ1) is 23.2. The van der Waals surface area contributed by atoms with Crippen molar-refractivity contribution in [2.75, 3.05) is 4.90 Å². The van der Waals surface area contributed by atoms with Crippen molar-refractivity contribution in [3.05, 3.63) is 125 Å². The third kappa shape index (κ3) is 3.81. The maximum absolute atomic E-state index is 5.16. The molecule has 0 aliphatic carbocycles. The minimum Gasteiger partial charge on any atom is -0.280 e. The predicted molar refractivity (Wildman–Crippen MR) is 138 cm³/mol. The van der Waals surface area contributed by atoms with E-state index in [-0.39, 0.29) is 28.5 Å². The van der Waals surface area contributed by atoms with Gasteiger partial charge in [0.15, 0.2) is 0 Å². The summed E-state index contributed by atoms with van der Waals surface area (Å²) in [6, 6.07) is 37.9. The fourth-order valence-corrected chi connectivity index (χ4v) is 4.96. The molecule has 2 aliphatic heterocycles. The second-order valence-corrected chi connectivity index (χ2v) is 8.52. The van der Waals surface area contributed by atoms with Gasteiger partial charge in [0.1, 0.15) is 11.6 Å². The predicted octanol–water partition coefficient (Wildman–Crippen LogP) is 7.32. The number of benzene rings is 3. The van der Waals surface area contributed by atoms with Crippen LogP contribution >= 0.6 is 0 Å². The molecule has 2 aromatic heterocycles. The van der Waals surface area contributed by atoms with Crippen LogP contribution in [0.3, 0.4) is 0 Å². The van der Waals surface area contributed by atoms with Gasteiger partial charge in [0.25, 0.3) is 0 Å². The van der Waals surface area contributed by atoms with Crippen LogP contribution in [0, 0.1) is 12.1 Å². The fourth-order valence-electron chi connectivity index (χ4n) is 4.96. The van der Waals surface area contributed by atoms with Gasteiger partial charge < -0.3 is 0 Å². The van der Waals surface area contributed by atoms with Crippen molar-refractivity contribution < 1.29 is 21.1 Å². The van der Waals surface area contributed by atoms with E-state index in [9.17, 15) is 0 Å². The van der Waals surface area contributed by atoms with Crippen LogP contribution in [0.4, 0.5) is 17.3 Å². The van der Waals surface area contributed by atoms with Crippen molar-refractivity contribution in [2.24, 2.45) is 0 Å². The second kappa shape index (κ2) is 9.24. The average molecular weight is 633 g/mol. The van der Waals surface area contributed by atoms with Gasteiger partial charge in [-0.2, -0.15) is 0 Å². The first-order valence-electron chi connectivity index (χ1n) is 11.2. The van der Waals surface area contributed by atoms with Gasteiger partial charge in [-0.25, -0.2) is 0 Å². The van der Waals surface area contributed by atoms with Gasteiger partial charge in [-0.1, -0.05) is 49.9 Å². The maximum atomic E-state index is 5.16. The number of hydrogen-bond acceptors (Lipinski definition) is 3. The van der Waals surface area contributed by atoms with E-state index >= 15 is 0 Å². The Labute approximate surface area is 220 Å². The summed E-state index contributed by atoms with van der Waals surface area (Å²) in [6.07, 6.45) is 1.75. The number of anilines is 3. The SMILES string of the molecule is C.[Pt+2].[c-]1ccccc1-c1ccc2c(n1)N1c3nc(-c4[c-]cccc4)ccc3Cc3cccc(c31)C2. The quantitative estimate of drug-likeness (QED) is 0.187. The van der Waals surface area contributed by atoms with Gasteiger partial charge in [0.2, 0.25) is 0 Å². The number of para-hydroxylation sites is 1. The van der Waals surface area contributed by atoms with Crippen LogP contribution in [0.15, 0.2) is 91.0 Å². The summed E-state index contributed by atoms with van der Waals surface area (Å²) in [6.45, 7) is 0. The molecule has 0 N–H and O–H groups in total. The van der Waals surface area contributed by atoms with Crippen molar-refractivity contribution in [3.63, 3.8) is 0 Å². The number of rotatable bonds is 2. The molecule has 5 aromatic rings. The number of aromatic nitrogens is 2. The Balaban J connectivity index is 0.00000127. The molecular formula is C31H23N3Pt. The van der Waals surface area contributed by atoms with Crippen molar-refractivity contribution in [1.82, 2.24) is 9.97 Å². The van der Waals surface area contributed by atoms with Crippen LogP contribution in [0.2, 0.25) is 0 Å². The van der Waals surface area contributed by atoms with Crippen LogP contribution in [-0.2, 0) is 33.9 Å². The number of pyridine rings is 2. The summed E-state index contributed by atoms with van der Waals surface area (Å²) in [5, 5.41) is 0. The summed E-state index contributed by atoms with van der Waals surface area (Å²) in [7, 11) is 0. The molecule has 0 spiro atoms. The average Bonchev–Trinajstić information content (AvgIpc) is 2.89. The molecule has 0 unspecified atom stereocenters. The maximum Gasteiger partial charge on any atom is 2.00 e. The Bertz CT molecular complexity index is 1400. The molecular weight excluding hydrogens is 609 g/mol. The molecule has 0 fully saturated rings. The Hall–Kier alpha value is -3.55. The van der Waals surface area contributed by atoms with Gasteiger partial charge in [0.05, 0.1) is 5.69 Å². The molecule has 172 valence electrons. The topological polar surface area (TPSA) is 29.0 Å². The van der Waals surface area contributed by atoms with E-state index in [0.717, 1.165) is 47.0 Å². The zero-order chi connectivity index (χ0) is 21.8. The van der Waals surface area contributed by atoms with Crippen molar-refractivity contribution >= 4 is 17.3 Å². The number of fused-ring (bicyclic) bond motifs is 4. The van der Waals surface area contributed by atoms with Crippen molar-refractivity contribution in [3.8, 4) is 22.5 Å². The molecule has 3 aromatic carbocycles. The Morgan fingerprint density at radius 1 is 0.571 bits per heavy atom. The first-order valence-corrected chi connectivity index (χ1v) is 11.2. The summed E-state index contributed by atoms with van der Waals surface area (Å²) >= 11 is 0. The Morgan fingerprint density at radius 3 is 1.54 bits per heavy atom. The normalized spacial score (nSPS) is 12.4. The third-order valence-electron chi connectivity index (χ3n) is 6.49. The molecule has 35 heavy (non-hydrogen) atoms. The molecule has 0 amide bonds. The van der Waals surface area contributed by atoms with E-state index < -0.39 is 0 Å². The molecule has 0 radical (unpaired) electrons. The molecule has 0 saturated carbocycles. The molecule has 2 aliphatic rings. The number of nitrogens with zero attached hydrogens (tertiary/aromatic N) is 3. The third-order valence-corrected chi connectivity index (χ3v) is 6.49. The van der Waals surface area contributed by atoms with E-state index in [1.54, 1.807) is 0 Å². The summed E-state index contributed by atoms with van der Waals surface area (Å²) in [4.78, 5) is 12.6. The van der Waals surface area contributed by atoms with E-state index in [2.05, 4.69) is 71.6 Å². The summed E-state index contributed by atoms with van der Waals surface area (Å²) in [5.74, 6) is 1.93.